The van der Waals surface area contributed by atoms with Crippen molar-refractivity contribution in [2.45, 2.75) is 32.4 Å². The molecule has 0 saturated carbocycles. The van der Waals surface area contributed by atoms with Gasteiger partial charge in [0, 0.05) is 22.2 Å². The third-order valence-electron chi connectivity index (χ3n) is 4.68. The maximum atomic E-state index is 12.4. The van der Waals surface area contributed by atoms with Crippen LogP contribution in [0.2, 0.25) is 10.0 Å². The van der Waals surface area contributed by atoms with E-state index in [1.165, 1.54) is 0 Å². The number of hydrogen-bond donors (Lipinski definition) is 2. The Kier molecular flexibility index (Phi) is 6.34. The van der Waals surface area contributed by atoms with Gasteiger partial charge in [-0.25, -0.2) is 13.1 Å². The molecule has 0 radical (unpaired) electrons. The Balaban J connectivity index is 1.62. The molecule has 0 bridgehead atoms. The number of halogens is 2. The minimum atomic E-state index is -3.05. The van der Waals surface area contributed by atoms with E-state index >= 15 is 0 Å². The lowest BCUT2D eigenvalue weighted by atomic mass is 10.1. The highest BCUT2D eigenvalue weighted by Gasteiger charge is 2.31. The van der Waals surface area contributed by atoms with Crippen LogP contribution < -0.4 is 10.6 Å². The van der Waals surface area contributed by atoms with Gasteiger partial charge < -0.3 is 10.6 Å². The van der Waals surface area contributed by atoms with E-state index in [0.717, 1.165) is 5.56 Å². The van der Waals surface area contributed by atoms with Crippen LogP contribution in [-0.4, -0.2) is 42.2 Å². The van der Waals surface area contributed by atoms with Crippen molar-refractivity contribution in [3.8, 4) is 0 Å². The Labute approximate surface area is 174 Å². The number of nitrogens with zero attached hydrogens (tertiary/aromatic N) is 2. The van der Waals surface area contributed by atoms with Crippen LogP contribution in [0.5, 0.6) is 0 Å². The van der Waals surface area contributed by atoms with Crippen LogP contribution in [0.3, 0.4) is 0 Å². The smallest absolute Gasteiger partial charge is 0.239 e. The second kappa shape index (κ2) is 8.41. The van der Waals surface area contributed by atoms with E-state index in [1.807, 2.05) is 13.0 Å². The molecule has 0 aliphatic carbocycles. The molecule has 1 fully saturated rings. The fourth-order valence-electron chi connectivity index (χ4n) is 3.25. The zero-order valence-electron chi connectivity index (χ0n) is 15.6. The summed E-state index contributed by atoms with van der Waals surface area (Å²) >= 11 is 12.1. The van der Waals surface area contributed by atoms with Gasteiger partial charge in [0.1, 0.15) is 5.82 Å². The molecule has 1 saturated heterocycles. The van der Waals surface area contributed by atoms with Crippen molar-refractivity contribution < 1.29 is 13.2 Å². The minimum Gasteiger partial charge on any atom is -0.310 e. The van der Waals surface area contributed by atoms with E-state index in [9.17, 15) is 13.2 Å². The van der Waals surface area contributed by atoms with Gasteiger partial charge in [0.05, 0.1) is 29.8 Å². The Hall–Kier alpha value is -1.61. The number of carbonyl (C=O) groups excluding carboxylic acids is 1. The van der Waals surface area contributed by atoms with Gasteiger partial charge in [-0.2, -0.15) is 5.10 Å². The van der Waals surface area contributed by atoms with Crippen LogP contribution in [0, 0.1) is 6.92 Å². The average Bonchev–Trinajstić information content (AvgIpc) is 3.14. The summed E-state index contributed by atoms with van der Waals surface area (Å²) in [4.78, 5) is 12.4. The molecule has 28 heavy (non-hydrogen) atoms. The van der Waals surface area contributed by atoms with Crippen molar-refractivity contribution in [1.29, 1.82) is 0 Å². The van der Waals surface area contributed by atoms with Gasteiger partial charge in [-0.1, -0.05) is 29.3 Å². The summed E-state index contributed by atoms with van der Waals surface area (Å²) in [6.45, 7) is 3.77. The second-order valence-electron chi connectivity index (χ2n) is 6.99. The summed E-state index contributed by atoms with van der Waals surface area (Å²) in [5, 5.41) is 11.4. The lowest BCUT2D eigenvalue weighted by Gasteiger charge is -2.17. The monoisotopic (exact) mass is 444 g/mol. The molecular formula is C18H22Cl2N4O3S. The van der Waals surface area contributed by atoms with Crippen molar-refractivity contribution in [3.63, 3.8) is 0 Å². The first-order chi connectivity index (χ1) is 13.1. The Morgan fingerprint density at radius 1 is 1.36 bits per heavy atom. The van der Waals surface area contributed by atoms with E-state index in [4.69, 9.17) is 23.2 Å². The standard InChI is InChI=1S/C18H22Cl2N4O3S/c1-11-7-17(24(23-11)14-5-6-28(26,27)10-14)22-18(25)9-21-12(2)15-4-3-13(19)8-16(15)20/h3-4,7-8,12,14,21H,5-6,9-10H2,1-2H3,(H,22,25). The van der Waals surface area contributed by atoms with Crippen molar-refractivity contribution in [1.82, 2.24) is 15.1 Å². The van der Waals surface area contributed by atoms with Crippen LogP contribution >= 0.6 is 23.2 Å². The molecule has 10 heteroatoms. The summed E-state index contributed by atoms with van der Waals surface area (Å²) in [5.74, 6) is 0.439. The molecule has 7 nitrogen and oxygen atoms in total. The molecule has 152 valence electrons. The van der Waals surface area contributed by atoms with Gasteiger partial charge in [-0.05, 0) is 38.0 Å². The average molecular weight is 445 g/mol. The molecule has 1 aromatic carbocycles. The lowest BCUT2D eigenvalue weighted by Crippen LogP contribution is -2.31. The number of benzene rings is 1. The molecule has 2 aromatic rings. The summed E-state index contributed by atoms with van der Waals surface area (Å²) in [5.41, 5.74) is 1.56. The number of nitrogens with one attached hydrogen (secondary N) is 2. The van der Waals surface area contributed by atoms with E-state index < -0.39 is 9.84 Å². The SMILES string of the molecule is Cc1cc(NC(=O)CNC(C)c2ccc(Cl)cc2Cl)n(C2CCS(=O)(=O)C2)n1. The Bertz CT molecular complexity index is 991. The largest absolute Gasteiger partial charge is 0.310 e. The molecule has 2 unspecified atom stereocenters. The summed E-state index contributed by atoms with van der Waals surface area (Å²) in [6.07, 6.45) is 0.497. The number of amides is 1. The maximum Gasteiger partial charge on any atom is 0.239 e. The normalized spacial score (nSPS) is 19.5. The zero-order chi connectivity index (χ0) is 20.5. The van der Waals surface area contributed by atoms with Gasteiger partial charge in [-0.3, -0.25) is 4.79 Å². The molecule has 3 rings (SSSR count). The molecule has 1 aliphatic rings. The van der Waals surface area contributed by atoms with Gasteiger partial charge in [0.25, 0.3) is 0 Å². The molecule has 1 aliphatic heterocycles. The number of aryl methyl sites for hydroxylation is 1. The lowest BCUT2D eigenvalue weighted by molar-refractivity contribution is -0.115. The third-order valence-corrected chi connectivity index (χ3v) is 6.99. The van der Waals surface area contributed by atoms with Crippen LogP contribution in [0.4, 0.5) is 5.82 Å². The van der Waals surface area contributed by atoms with Crippen LogP contribution in [0.15, 0.2) is 24.3 Å². The molecule has 2 heterocycles. The fourth-order valence-corrected chi connectivity index (χ4v) is 5.52. The molecular weight excluding hydrogens is 423 g/mol. The Morgan fingerprint density at radius 2 is 2.11 bits per heavy atom. The topological polar surface area (TPSA) is 93.1 Å². The van der Waals surface area contributed by atoms with Crippen molar-refractivity contribution >= 4 is 44.8 Å². The van der Waals surface area contributed by atoms with E-state index in [-0.39, 0.29) is 36.0 Å². The number of aromatic nitrogens is 2. The number of rotatable bonds is 6. The first kappa shape index (κ1) is 21.1. The number of carbonyl (C=O) groups is 1. The third kappa shape index (κ3) is 5.05. The van der Waals surface area contributed by atoms with Crippen LogP contribution in [-0.2, 0) is 14.6 Å². The predicted molar refractivity (Wildman–Crippen MR) is 111 cm³/mol. The molecule has 2 N–H and O–H groups in total. The zero-order valence-corrected chi connectivity index (χ0v) is 17.9. The maximum absolute atomic E-state index is 12.4. The van der Waals surface area contributed by atoms with Gasteiger partial charge in [0.15, 0.2) is 9.84 Å². The molecule has 1 amide bonds. The minimum absolute atomic E-state index is 0.0430. The van der Waals surface area contributed by atoms with Gasteiger partial charge in [-0.15, -0.1) is 0 Å². The first-order valence-electron chi connectivity index (χ1n) is 8.89. The highest BCUT2D eigenvalue weighted by Crippen LogP contribution is 2.28. The van der Waals surface area contributed by atoms with Crippen LogP contribution in [0.1, 0.15) is 36.7 Å². The first-order valence-corrected chi connectivity index (χ1v) is 11.5. The Morgan fingerprint density at radius 3 is 2.75 bits per heavy atom. The van der Waals surface area contributed by atoms with E-state index in [1.54, 1.807) is 29.8 Å². The van der Waals surface area contributed by atoms with Crippen LogP contribution in [0.25, 0.3) is 0 Å². The van der Waals surface area contributed by atoms with E-state index in [0.29, 0.717) is 28.0 Å². The fraction of sp³-hybridized carbons (Fsp3) is 0.444. The number of hydrogen-bond acceptors (Lipinski definition) is 5. The van der Waals surface area contributed by atoms with Gasteiger partial charge in [0.2, 0.25) is 5.91 Å². The predicted octanol–water partition coefficient (Wildman–Crippen LogP) is 3.15. The quantitative estimate of drug-likeness (QED) is 0.713. The van der Waals surface area contributed by atoms with Crippen molar-refractivity contribution in [3.05, 3.63) is 45.6 Å². The second-order valence-corrected chi connectivity index (χ2v) is 10.1. The number of sulfone groups is 1. The summed E-state index contributed by atoms with van der Waals surface area (Å²) in [6, 6.07) is 6.56. The van der Waals surface area contributed by atoms with Gasteiger partial charge >= 0.3 is 0 Å². The highest BCUT2D eigenvalue weighted by molar-refractivity contribution is 7.91. The highest BCUT2D eigenvalue weighted by atomic mass is 35.5. The van der Waals surface area contributed by atoms with Crippen molar-refractivity contribution in [2.24, 2.45) is 0 Å². The molecule has 0 spiro atoms. The molecule has 2 atom stereocenters. The molecule has 1 aromatic heterocycles. The van der Waals surface area contributed by atoms with E-state index in [2.05, 4.69) is 15.7 Å². The van der Waals surface area contributed by atoms with Crippen molar-refractivity contribution in [2.75, 3.05) is 23.4 Å². The summed E-state index contributed by atoms with van der Waals surface area (Å²) in [7, 11) is -3.05. The number of anilines is 1. The summed E-state index contributed by atoms with van der Waals surface area (Å²) < 4.78 is 25.1.